The Morgan fingerprint density at radius 2 is 2.10 bits per heavy atom. The van der Waals surface area contributed by atoms with Crippen LogP contribution in [-0.4, -0.2) is 24.3 Å². The van der Waals surface area contributed by atoms with Crippen molar-refractivity contribution in [2.75, 3.05) is 6.61 Å². The maximum absolute atomic E-state index is 11.7. The van der Waals surface area contributed by atoms with E-state index in [0.717, 1.165) is 17.3 Å². The fourth-order valence-electron chi connectivity index (χ4n) is 1.87. The lowest BCUT2D eigenvalue weighted by Gasteiger charge is -2.14. The van der Waals surface area contributed by atoms with Crippen LogP contribution in [0.2, 0.25) is 0 Å². The molecule has 1 aromatic rings. The van der Waals surface area contributed by atoms with Crippen LogP contribution in [0.4, 0.5) is 0 Å². The van der Waals surface area contributed by atoms with E-state index >= 15 is 0 Å². The lowest BCUT2D eigenvalue weighted by Crippen LogP contribution is -2.36. The summed E-state index contributed by atoms with van der Waals surface area (Å²) < 4.78 is 6.26. The molecule has 0 aliphatic carbocycles. The normalized spacial score (nSPS) is 11.8. The molecule has 1 atom stereocenters. The maximum atomic E-state index is 11.7. The molecule has 0 spiro atoms. The third kappa shape index (κ3) is 5.33. The van der Waals surface area contributed by atoms with Gasteiger partial charge in [0, 0.05) is 10.5 Å². The molecule has 1 N–H and O–H groups in total. The molecule has 1 amide bonds. The summed E-state index contributed by atoms with van der Waals surface area (Å²) in [6, 6.07) is 5.28. The van der Waals surface area contributed by atoms with Crippen LogP contribution in [0.25, 0.3) is 0 Å². The topological polar surface area (TPSA) is 55.4 Å². The van der Waals surface area contributed by atoms with Crippen molar-refractivity contribution in [2.45, 2.75) is 39.7 Å². The number of carbonyl (C=O) groups excluding carboxylic acids is 2. The van der Waals surface area contributed by atoms with Crippen LogP contribution in [0, 0.1) is 0 Å². The van der Waals surface area contributed by atoms with Gasteiger partial charge < -0.3 is 10.1 Å². The summed E-state index contributed by atoms with van der Waals surface area (Å²) in [5, 5.41) is 2.85. The van der Waals surface area contributed by atoms with Gasteiger partial charge in [-0.05, 0) is 38.5 Å². The van der Waals surface area contributed by atoms with E-state index in [0.29, 0.717) is 11.3 Å². The van der Waals surface area contributed by atoms with Crippen LogP contribution in [-0.2, 0) is 4.79 Å². The molecule has 0 aliphatic rings. The van der Waals surface area contributed by atoms with Crippen molar-refractivity contribution >= 4 is 27.6 Å². The van der Waals surface area contributed by atoms with Gasteiger partial charge in [0.15, 0.2) is 12.4 Å². The van der Waals surface area contributed by atoms with Crippen molar-refractivity contribution in [2.24, 2.45) is 0 Å². The fourth-order valence-corrected chi connectivity index (χ4v) is 2.21. The number of halogens is 1. The number of nitrogens with one attached hydrogen (secondary N) is 1. The van der Waals surface area contributed by atoms with Crippen LogP contribution in [0.1, 0.15) is 44.0 Å². The first kappa shape index (κ1) is 16.7. The minimum absolute atomic E-state index is 0.0905. The molecule has 0 fully saturated rings. The second kappa shape index (κ2) is 8.04. The van der Waals surface area contributed by atoms with E-state index in [9.17, 15) is 9.59 Å². The number of carbonyl (C=O) groups is 2. The molecule has 4 nitrogen and oxygen atoms in total. The highest BCUT2D eigenvalue weighted by Crippen LogP contribution is 2.24. The lowest BCUT2D eigenvalue weighted by molar-refractivity contribution is -0.123. The SMILES string of the molecule is CCCC(C)NC(=O)COc1cc(Br)ccc1C(C)=O. The quantitative estimate of drug-likeness (QED) is 0.774. The Morgan fingerprint density at radius 3 is 2.70 bits per heavy atom. The zero-order valence-corrected chi connectivity index (χ0v) is 13.6. The first-order chi connectivity index (χ1) is 9.43. The second-order valence-corrected chi connectivity index (χ2v) is 5.66. The monoisotopic (exact) mass is 341 g/mol. The number of ketones is 1. The van der Waals surface area contributed by atoms with Gasteiger partial charge in [0.1, 0.15) is 5.75 Å². The van der Waals surface area contributed by atoms with Gasteiger partial charge in [0.25, 0.3) is 5.91 Å². The van der Waals surface area contributed by atoms with Gasteiger partial charge in [0.05, 0.1) is 5.56 Å². The standard InChI is InChI=1S/C15H20BrNO3/c1-4-5-10(2)17-15(19)9-20-14-8-12(16)6-7-13(14)11(3)18/h6-8,10H,4-5,9H2,1-3H3,(H,17,19). The summed E-state index contributed by atoms with van der Waals surface area (Å²) in [6.45, 7) is 5.41. The van der Waals surface area contributed by atoms with Crippen molar-refractivity contribution in [1.82, 2.24) is 5.32 Å². The van der Waals surface area contributed by atoms with Crippen molar-refractivity contribution in [3.63, 3.8) is 0 Å². The minimum Gasteiger partial charge on any atom is -0.483 e. The predicted molar refractivity (Wildman–Crippen MR) is 82.2 cm³/mol. The van der Waals surface area contributed by atoms with E-state index in [-0.39, 0.29) is 24.3 Å². The van der Waals surface area contributed by atoms with Gasteiger partial charge in [-0.1, -0.05) is 29.3 Å². The molecule has 0 heterocycles. The zero-order valence-electron chi connectivity index (χ0n) is 12.0. The lowest BCUT2D eigenvalue weighted by atomic mass is 10.1. The number of ether oxygens (including phenoxy) is 1. The zero-order chi connectivity index (χ0) is 15.1. The number of hydrogen-bond acceptors (Lipinski definition) is 3. The van der Waals surface area contributed by atoms with E-state index in [4.69, 9.17) is 4.74 Å². The molecule has 0 radical (unpaired) electrons. The maximum Gasteiger partial charge on any atom is 0.258 e. The van der Waals surface area contributed by atoms with Crippen molar-refractivity contribution in [1.29, 1.82) is 0 Å². The van der Waals surface area contributed by atoms with Crippen LogP contribution >= 0.6 is 15.9 Å². The van der Waals surface area contributed by atoms with E-state index in [2.05, 4.69) is 28.2 Å². The van der Waals surface area contributed by atoms with Crippen LogP contribution in [0.5, 0.6) is 5.75 Å². The largest absolute Gasteiger partial charge is 0.483 e. The summed E-state index contributed by atoms with van der Waals surface area (Å²) in [4.78, 5) is 23.2. The first-order valence-corrected chi connectivity index (χ1v) is 7.46. The molecule has 20 heavy (non-hydrogen) atoms. The average molecular weight is 342 g/mol. The predicted octanol–water partition coefficient (Wildman–Crippen LogP) is 3.34. The third-order valence-corrected chi connectivity index (χ3v) is 3.30. The fraction of sp³-hybridized carbons (Fsp3) is 0.467. The Hall–Kier alpha value is -1.36. The number of Topliss-reactive ketones (excluding diaryl/α,β-unsaturated/α-hetero) is 1. The molecular formula is C15H20BrNO3. The smallest absolute Gasteiger partial charge is 0.258 e. The van der Waals surface area contributed by atoms with Crippen molar-refractivity contribution < 1.29 is 14.3 Å². The number of benzene rings is 1. The minimum atomic E-state index is -0.180. The molecule has 0 aliphatic heterocycles. The Kier molecular flexibility index (Phi) is 6.71. The second-order valence-electron chi connectivity index (χ2n) is 4.74. The number of rotatable bonds is 7. The van der Waals surface area contributed by atoms with Crippen LogP contribution in [0.15, 0.2) is 22.7 Å². The Labute approximate surface area is 128 Å². The number of hydrogen-bond donors (Lipinski definition) is 1. The molecule has 0 saturated heterocycles. The number of amides is 1. The molecule has 0 saturated carbocycles. The highest BCUT2D eigenvalue weighted by molar-refractivity contribution is 9.10. The highest BCUT2D eigenvalue weighted by Gasteiger charge is 2.12. The average Bonchev–Trinajstić information content (AvgIpc) is 2.36. The van der Waals surface area contributed by atoms with Gasteiger partial charge in [-0.25, -0.2) is 0 Å². The molecule has 110 valence electrons. The molecule has 1 aromatic carbocycles. The molecule has 1 unspecified atom stereocenters. The van der Waals surface area contributed by atoms with E-state index in [1.807, 2.05) is 6.92 Å². The van der Waals surface area contributed by atoms with Gasteiger partial charge in [-0.2, -0.15) is 0 Å². The van der Waals surface area contributed by atoms with Gasteiger partial charge in [-0.3, -0.25) is 9.59 Å². The highest BCUT2D eigenvalue weighted by atomic mass is 79.9. The summed E-state index contributed by atoms with van der Waals surface area (Å²) in [6.07, 6.45) is 1.95. The van der Waals surface area contributed by atoms with E-state index in [1.165, 1.54) is 6.92 Å². The van der Waals surface area contributed by atoms with Gasteiger partial charge in [0.2, 0.25) is 0 Å². The van der Waals surface area contributed by atoms with Crippen molar-refractivity contribution in [3.05, 3.63) is 28.2 Å². The van der Waals surface area contributed by atoms with E-state index in [1.54, 1.807) is 18.2 Å². The van der Waals surface area contributed by atoms with Crippen LogP contribution < -0.4 is 10.1 Å². The molecular weight excluding hydrogens is 322 g/mol. The first-order valence-electron chi connectivity index (χ1n) is 6.66. The molecule has 5 heteroatoms. The summed E-state index contributed by atoms with van der Waals surface area (Å²) in [5.74, 6) is 0.151. The Bertz CT molecular complexity index is 488. The Balaban J connectivity index is 2.63. The molecule has 0 bridgehead atoms. The Morgan fingerprint density at radius 1 is 1.40 bits per heavy atom. The summed E-state index contributed by atoms with van der Waals surface area (Å²) in [7, 11) is 0. The van der Waals surface area contributed by atoms with E-state index < -0.39 is 0 Å². The summed E-state index contributed by atoms with van der Waals surface area (Å²) in [5.41, 5.74) is 0.475. The summed E-state index contributed by atoms with van der Waals surface area (Å²) >= 11 is 3.32. The van der Waals surface area contributed by atoms with Gasteiger partial charge in [-0.15, -0.1) is 0 Å². The molecule has 0 aromatic heterocycles. The third-order valence-electron chi connectivity index (χ3n) is 2.81. The van der Waals surface area contributed by atoms with Crippen molar-refractivity contribution in [3.8, 4) is 5.75 Å². The molecule has 1 rings (SSSR count). The van der Waals surface area contributed by atoms with Gasteiger partial charge >= 0.3 is 0 Å². The van der Waals surface area contributed by atoms with Crippen LogP contribution in [0.3, 0.4) is 0 Å².